The van der Waals surface area contributed by atoms with Gasteiger partial charge in [0.25, 0.3) is 5.91 Å². The van der Waals surface area contributed by atoms with Crippen LogP contribution in [0.4, 0.5) is 0 Å². The van der Waals surface area contributed by atoms with Gasteiger partial charge in [0, 0.05) is 12.1 Å². The quantitative estimate of drug-likeness (QED) is 0.145. The number of hydrogen-bond acceptors (Lipinski definition) is 5. The maximum absolute atomic E-state index is 12.6. The Morgan fingerprint density at radius 3 is 2.24 bits per heavy atom. The van der Waals surface area contributed by atoms with Crippen LogP contribution in [0, 0.1) is 5.41 Å². The molecule has 4 rings (SSSR count). The predicted octanol–water partition coefficient (Wildman–Crippen LogP) is 0.397. The van der Waals surface area contributed by atoms with Crippen molar-refractivity contribution >= 4 is 19.0 Å². The van der Waals surface area contributed by atoms with Gasteiger partial charge in [0.1, 0.15) is 0 Å². The highest BCUT2D eigenvalue weighted by atomic mass is 16.4. The Bertz CT molecular complexity index is 716. The van der Waals surface area contributed by atoms with E-state index in [2.05, 4.69) is 10.6 Å². The summed E-state index contributed by atoms with van der Waals surface area (Å²) in [7, 11) is -1.67. The first-order chi connectivity index (χ1) is 13.7. The molecule has 3 aliphatic rings. The molecule has 2 bridgehead atoms. The summed E-state index contributed by atoms with van der Waals surface area (Å²) in [5.41, 5.74) is 6.53. The number of hydrogen-bond donors (Lipinski definition) is 7. The van der Waals surface area contributed by atoms with E-state index in [-0.39, 0.29) is 17.3 Å². The number of fused-ring (bicyclic) bond motifs is 3. The number of benzene rings is 1. The van der Waals surface area contributed by atoms with Crippen LogP contribution >= 0.6 is 0 Å². The minimum atomic E-state index is -1.67. The van der Waals surface area contributed by atoms with Crippen LogP contribution in [0.5, 0.6) is 0 Å². The SMILES string of the molecule is N=C(N)NCCC[C@H](NC(=O)c1ccc(C23CCC(O)(CC2)CC3)cc1)B(O)O. The average Bonchev–Trinajstić information content (AvgIpc) is 2.70. The number of nitrogens with one attached hydrogen (secondary N) is 3. The smallest absolute Gasteiger partial charge is 0.426 e. The predicted molar refractivity (Wildman–Crippen MR) is 111 cm³/mol. The molecule has 0 spiro atoms. The molecule has 1 atom stereocenters. The molecule has 3 fully saturated rings. The molecule has 1 aromatic carbocycles. The molecule has 3 aliphatic carbocycles. The second kappa shape index (κ2) is 8.73. The van der Waals surface area contributed by atoms with Crippen molar-refractivity contribution in [2.24, 2.45) is 5.73 Å². The van der Waals surface area contributed by atoms with Crippen LogP contribution in [0.3, 0.4) is 0 Å². The number of carbonyl (C=O) groups excluding carboxylic acids is 1. The van der Waals surface area contributed by atoms with Gasteiger partial charge in [-0.25, -0.2) is 0 Å². The van der Waals surface area contributed by atoms with Crippen molar-refractivity contribution in [3.8, 4) is 0 Å². The third-order valence-corrected chi connectivity index (χ3v) is 6.65. The molecule has 1 amide bonds. The number of carbonyl (C=O) groups is 1. The maximum atomic E-state index is 12.6. The topological polar surface area (TPSA) is 152 Å². The first kappa shape index (κ1) is 21.6. The summed E-state index contributed by atoms with van der Waals surface area (Å²) in [6, 6.07) is 7.55. The Morgan fingerprint density at radius 2 is 1.72 bits per heavy atom. The van der Waals surface area contributed by atoms with E-state index in [1.807, 2.05) is 12.1 Å². The molecule has 158 valence electrons. The van der Waals surface area contributed by atoms with Crippen molar-refractivity contribution in [3.05, 3.63) is 35.4 Å². The number of rotatable bonds is 8. The summed E-state index contributed by atoms with van der Waals surface area (Å²) < 4.78 is 0. The molecule has 0 saturated heterocycles. The summed E-state index contributed by atoms with van der Waals surface area (Å²) in [4.78, 5) is 12.6. The van der Waals surface area contributed by atoms with Crippen molar-refractivity contribution in [1.29, 1.82) is 5.41 Å². The summed E-state index contributed by atoms with van der Waals surface area (Å²) >= 11 is 0. The Hall–Kier alpha value is -2.10. The molecule has 3 saturated carbocycles. The first-order valence-corrected chi connectivity index (χ1v) is 10.3. The van der Waals surface area contributed by atoms with Crippen molar-refractivity contribution in [3.63, 3.8) is 0 Å². The lowest BCUT2D eigenvalue weighted by Crippen LogP contribution is -2.48. The highest BCUT2D eigenvalue weighted by Gasteiger charge is 2.48. The summed E-state index contributed by atoms with van der Waals surface area (Å²) in [5.74, 6) is -1.30. The summed E-state index contributed by atoms with van der Waals surface area (Å²) in [5, 5.41) is 41.9. The maximum Gasteiger partial charge on any atom is 0.475 e. The van der Waals surface area contributed by atoms with Crippen molar-refractivity contribution in [1.82, 2.24) is 10.6 Å². The van der Waals surface area contributed by atoms with E-state index in [4.69, 9.17) is 11.1 Å². The van der Waals surface area contributed by atoms with Crippen LogP contribution in [-0.4, -0.2) is 52.2 Å². The van der Waals surface area contributed by atoms with E-state index < -0.39 is 18.7 Å². The number of aliphatic hydroxyl groups is 1. The first-order valence-electron chi connectivity index (χ1n) is 10.3. The van der Waals surface area contributed by atoms with Crippen molar-refractivity contribution in [2.75, 3.05) is 6.54 Å². The van der Waals surface area contributed by atoms with E-state index in [9.17, 15) is 19.9 Å². The summed E-state index contributed by atoms with van der Waals surface area (Å²) in [6.07, 6.45) is 6.30. The molecule has 29 heavy (non-hydrogen) atoms. The fourth-order valence-corrected chi connectivity index (χ4v) is 4.67. The fourth-order valence-electron chi connectivity index (χ4n) is 4.67. The highest BCUT2D eigenvalue weighted by Crippen LogP contribution is 2.53. The normalized spacial score (nSPS) is 26.6. The van der Waals surface area contributed by atoms with Gasteiger partial charge in [0.15, 0.2) is 5.96 Å². The van der Waals surface area contributed by atoms with Crippen LogP contribution in [0.2, 0.25) is 0 Å². The van der Waals surface area contributed by atoms with Gasteiger partial charge in [-0.3, -0.25) is 10.2 Å². The zero-order valence-corrected chi connectivity index (χ0v) is 16.7. The molecule has 0 radical (unpaired) electrons. The van der Waals surface area contributed by atoms with E-state index in [0.717, 1.165) is 38.5 Å². The Kier molecular flexibility index (Phi) is 6.50. The fraction of sp³-hybridized carbons (Fsp3) is 0.600. The lowest BCUT2D eigenvalue weighted by atomic mass is 9.56. The van der Waals surface area contributed by atoms with E-state index in [0.29, 0.717) is 24.9 Å². The van der Waals surface area contributed by atoms with Gasteiger partial charge in [-0.15, -0.1) is 0 Å². The molecular formula is C20H31BN4O4. The monoisotopic (exact) mass is 402 g/mol. The van der Waals surface area contributed by atoms with E-state index in [1.54, 1.807) is 12.1 Å². The number of nitrogens with two attached hydrogens (primary N) is 1. The van der Waals surface area contributed by atoms with Crippen LogP contribution in [0.15, 0.2) is 24.3 Å². The van der Waals surface area contributed by atoms with Crippen molar-refractivity contribution < 1.29 is 19.9 Å². The Balaban J connectivity index is 1.58. The molecule has 1 aromatic rings. The lowest BCUT2D eigenvalue weighted by molar-refractivity contribution is -0.0660. The second-order valence-electron chi connectivity index (χ2n) is 8.56. The molecule has 8 nitrogen and oxygen atoms in total. The third kappa shape index (κ3) is 5.09. The van der Waals surface area contributed by atoms with Crippen LogP contribution in [0.25, 0.3) is 0 Å². The van der Waals surface area contributed by atoms with Gasteiger partial charge in [-0.1, -0.05) is 12.1 Å². The van der Waals surface area contributed by atoms with Gasteiger partial charge in [-0.05, 0) is 74.5 Å². The summed E-state index contributed by atoms with van der Waals surface area (Å²) in [6.45, 7) is 0.417. The molecule has 8 N–H and O–H groups in total. The van der Waals surface area contributed by atoms with Crippen LogP contribution in [0.1, 0.15) is 67.3 Å². The van der Waals surface area contributed by atoms with Gasteiger partial charge >= 0.3 is 7.12 Å². The van der Waals surface area contributed by atoms with Gasteiger partial charge in [0.05, 0.1) is 11.5 Å². The van der Waals surface area contributed by atoms with Gasteiger partial charge < -0.3 is 31.5 Å². The molecule has 0 aromatic heterocycles. The Labute approximate surface area is 171 Å². The largest absolute Gasteiger partial charge is 0.475 e. The van der Waals surface area contributed by atoms with E-state index >= 15 is 0 Å². The minimum Gasteiger partial charge on any atom is -0.426 e. The van der Waals surface area contributed by atoms with Gasteiger partial charge in [0.2, 0.25) is 0 Å². The van der Waals surface area contributed by atoms with Gasteiger partial charge in [-0.2, -0.15) is 0 Å². The molecule has 0 aliphatic heterocycles. The zero-order valence-electron chi connectivity index (χ0n) is 16.7. The van der Waals surface area contributed by atoms with Crippen molar-refractivity contribution in [2.45, 2.75) is 68.3 Å². The second-order valence-corrected chi connectivity index (χ2v) is 8.56. The Morgan fingerprint density at radius 1 is 1.14 bits per heavy atom. The lowest BCUT2D eigenvalue weighted by Gasteiger charge is -2.51. The number of amides is 1. The minimum absolute atomic E-state index is 0.104. The van der Waals surface area contributed by atoms with Crippen LogP contribution < -0.4 is 16.4 Å². The zero-order chi connectivity index (χ0) is 21.1. The molecule has 0 unspecified atom stereocenters. The van der Waals surface area contributed by atoms with E-state index in [1.165, 1.54) is 5.56 Å². The third-order valence-electron chi connectivity index (χ3n) is 6.65. The molecule has 9 heteroatoms. The highest BCUT2D eigenvalue weighted by molar-refractivity contribution is 6.43. The number of guanidine groups is 1. The molecule has 0 heterocycles. The average molecular weight is 402 g/mol. The standard InChI is InChI=1S/C20H31BN4O4/c22-18(23)24-13-1-2-16(21(28)29)25-17(26)14-3-5-15(6-4-14)19-7-10-20(27,11-8-19)12-9-19/h3-6,16,27-29H,1-2,7-13H2,(H,25,26)(H4,22,23,24)/t16-,19?,20?/m0/s1. The van der Waals surface area contributed by atoms with Crippen LogP contribution in [-0.2, 0) is 5.41 Å². The molecular weight excluding hydrogens is 371 g/mol.